The van der Waals surface area contributed by atoms with Gasteiger partial charge >= 0.3 is 16.8 Å². The topological polar surface area (TPSA) is 141 Å². The van der Waals surface area contributed by atoms with Crippen LogP contribution in [0, 0.1) is 5.92 Å². The number of anilines is 1. The molecule has 2 amide bonds. The first-order chi connectivity index (χ1) is 20.3. The van der Waals surface area contributed by atoms with Crippen LogP contribution in [0.25, 0.3) is 0 Å². The molecular weight excluding hydrogens is 584 g/mol. The predicted molar refractivity (Wildman–Crippen MR) is 155 cm³/mol. The van der Waals surface area contributed by atoms with E-state index in [0.717, 1.165) is 16.2 Å². The minimum absolute atomic E-state index is 0.224. The number of thiazole rings is 1. The van der Waals surface area contributed by atoms with Crippen molar-refractivity contribution in [1.82, 2.24) is 4.98 Å². The maximum Gasteiger partial charge on any atom is 0.344 e. The molecule has 5 rings (SSSR count). The van der Waals surface area contributed by atoms with Gasteiger partial charge in [0.1, 0.15) is 5.25 Å². The third-order valence-electron chi connectivity index (χ3n) is 6.74. The molecule has 1 aromatic heterocycles. The van der Waals surface area contributed by atoms with Crippen LogP contribution >= 0.6 is 23.1 Å². The molecule has 2 aliphatic heterocycles. The smallest absolute Gasteiger partial charge is 0.344 e. The van der Waals surface area contributed by atoms with Crippen LogP contribution in [0.2, 0.25) is 0 Å². The molecule has 0 saturated carbocycles. The second-order valence-electron chi connectivity index (χ2n) is 9.26. The van der Waals surface area contributed by atoms with Crippen LogP contribution in [0.5, 0.6) is 11.5 Å². The van der Waals surface area contributed by atoms with Crippen molar-refractivity contribution in [2.24, 2.45) is 5.92 Å². The second-order valence-corrected chi connectivity index (χ2v) is 11.4. The van der Waals surface area contributed by atoms with Crippen molar-refractivity contribution in [2.45, 2.75) is 37.0 Å². The SMILES string of the molecule is CCOC(=O)COc1ccc(C2c3sc(=O)[nH]c3SC3C(=O)N(c4ccc(C(=O)OCC)cc4)C(=O)C32)cc1OCC. The summed E-state index contributed by atoms with van der Waals surface area (Å²) in [5.41, 5.74) is 1.29. The average molecular weight is 613 g/mol. The molecule has 11 nitrogen and oxygen atoms in total. The van der Waals surface area contributed by atoms with E-state index in [9.17, 15) is 24.0 Å². The zero-order valence-electron chi connectivity index (χ0n) is 23.0. The van der Waals surface area contributed by atoms with Gasteiger partial charge in [-0.05, 0) is 62.7 Å². The lowest BCUT2D eigenvalue weighted by molar-refractivity contribution is -0.145. The van der Waals surface area contributed by atoms with Gasteiger partial charge < -0.3 is 23.9 Å². The van der Waals surface area contributed by atoms with Crippen LogP contribution in [-0.4, -0.2) is 60.4 Å². The molecule has 3 aromatic rings. The number of hydrogen-bond acceptors (Lipinski definition) is 11. The van der Waals surface area contributed by atoms with Crippen LogP contribution in [0.15, 0.2) is 52.3 Å². The number of nitrogens with zero attached hydrogens (tertiary/aromatic N) is 1. The van der Waals surface area contributed by atoms with Crippen LogP contribution in [0.3, 0.4) is 0 Å². The zero-order valence-corrected chi connectivity index (χ0v) is 24.7. The molecule has 3 heterocycles. The lowest BCUT2D eigenvalue weighted by Gasteiger charge is -2.30. The number of H-pyrrole nitrogens is 1. The van der Waals surface area contributed by atoms with E-state index in [1.54, 1.807) is 51.1 Å². The number of imide groups is 1. The van der Waals surface area contributed by atoms with Crippen molar-refractivity contribution in [1.29, 1.82) is 0 Å². The summed E-state index contributed by atoms with van der Waals surface area (Å²) in [7, 11) is 0. The first-order valence-corrected chi connectivity index (χ1v) is 15.1. The molecule has 1 saturated heterocycles. The number of fused-ring (bicyclic) bond motifs is 2. The number of hydrogen-bond donors (Lipinski definition) is 1. The van der Waals surface area contributed by atoms with Gasteiger partial charge in [0, 0.05) is 10.8 Å². The summed E-state index contributed by atoms with van der Waals surface area (Å²) >= 11 is 2.16. The van der Waals surface area contributed by atoms with Gasteiger partial charge in [-0.25, -0.2) is 14.5 Å². The fraction of sp³-hybridized carbons (Fsp3) is 0.345. The Morgan fingerprint density at radius 1 is 0.881 bits per heavy atom. The zero-order chi connectivity index (χ0) is 30.0. The summed E-state index contributed by atoms with van der Waals surface area (Å²) in [5, 5.41) is -0.252. The van der Waals surface area contributed by atoms with Gasteiger partial charge in [0.2, 0.25) is 11.8 Å². The molecule has 1 N–H and O–H groups in total. The molecule has 220 valence electrons. The number of thioether (sulfide) groups is 1. The Morgan fingerprint density at radius 2 is 1.62 bits per heavy atom. The average Bonchev–Trinajstić information content (AvgIpc) is 3.47. The Hall–Kier alpha value is -4.10. The summed E-state index contributed by atoms with van der Waals surface area (Å²) in [6.45, 7) is 5.66. The molecule has 0 radical (unpaired) electrons. The Balaban J connectivity index is 1.51. The number of ether oxygens (including phenoxy) is 4. The van der Waals surface area contributed by atoms with Gasteiger partial charge in [-0.15, -0.1) is 0 Å². The monoisotopic (exact) mass is 612 g/mol. The summed E-state index contributed by atoms with van der Waals surface area (Å²) < 4.78 is 21.4. The molecule has 3 atom stereocenters. The summed E-state index contributed by atoms with van der Waals surface area (Å²) in [6.07, 6.45) is 0. The van der Waals surface area contributed by atoms with E-state index in [1.165, 1.54) is 23.9 Å². The van der Waals surface area contributed by atoms with Gasteiger partial charge in [0.25, 0.3) is 0 Å². The minimum atomic E-state index is -0.813. The quantitative estimate of drug-likeness (QED) is 0.266. The fourth-order valence-electron chi connectivity index (χ4n) is 5.04. The molecule has 0 spiro atoms. The fourth-order valence-corrected chi connectivity index (χ4v) is 7.55. The number of nitrogens with one attached hydrogen (secondary N) is 1. The molecule has 0 aliphatic carbocycles. The number of amides is 2. The van der Waals surface area contributed by atoms with Gasteiger partial charge in [0.05, 0.1) is 42.0 Å². The Morgan fingerprint density at radius 3 is 2.31 bits per heavy atom. The Labute approximate surface area is 249 Å². The molecule has 3 unspecified atom stereocenters. The molecule has 1 fully saturated rings. The van der Waals surface area contributed by atoms with Crippen LogP contribution in [0.4, 0.5) is 5.69 Å². The van der Waals surface area contributed by atoms with E-state index < -0.39 is 40.8 Å². The lowest BCUT2D eigenvalue weighted by Crippen LogP contribution is -2.32. The van der Waals surface area contributed by atoms with E-state index >= 15 is 0 Å². The lowest BCUT2D eigenvalue weighted by atomic mass is 9.83. The highest BCUT2D eigenvalue weighted by Gasteiger charge is 2.56. The first kappa shape index (κ1) is 29.4. The third kappa shape index (κ3) is 5.53. The molecular formula is C29H28N2O9S2. The van der Waals surface area contributed by atoms with Crippen molar-refractivity contribution in [3.63, 3.8) is 0 Å². The van der Waals surface area contributed by atoms with Crippen LogP contribution < -0.4 is 19.2 Å². The molecule has 13 heteroatoms. The van der Waals surface area contributed by atoms with Gasteiger partial charge in [0.15, 0.2) is 18.1 Å². The van der Waals surface area contributed by atoms with Gasteiger partial charge in [-0.2, -0.15) is 0 Å². The Kier molecular flexibility index (Phi) is 8.69. The standard InChI is InChI=1S/C29H28N2O9S2/c1-4-37-19-13-16(9-12-18(19)40-14-20(32)38-5-2)21-22-24(41-25-23(21)42-29(36)30-25)27(34)31(26(22)33)17-10-7-15(8-11-17)28(35)39-6-3/h7-13,21-22,24H,4-6,14H2,1-3H3,(H,30,36). The number of carbonyl (C=O) groups excluding carboxylic acids is 4. The van der Waals surface area contributed by atoms with Crippen molar-refractivity contribution in [3.8, 4) is 11.5 Å². The molecule has 2 aromatic carbocycles. The molecule has 2 aliphatic rings. The van der Waals surface area contributed by atoms with Crippen molar-refractivity contribution >= 4 is 52.5 Å². The third-order valence-corrected chi connectivity index (χ3v) is 9.14. The summed E-state index contributed by atoms with van der Waals surface area (Å²) in [5.74, 6) is -2.64. The maximum atomic E-state index is 14.0. The number of carbonyl (C=O) groups is 4. The highest BCUT2D eigenvalue weighted by Crippen LogP contribution is 2.53. The second kappa shape index (κ2) is 12.4. The number of rotatable bonds is 10. The van der Waals surface area contributed by atoms with Gasteiger partial charge in [-0.1, -0.05) is 29.2 Å². The van der Waals surface area contributed by atoms with Crippen LogP contribution in [0.1, 0.15) is 47.5 Å². The van der Waals surface area contributed by atoms with Crippen LogP contribution in [-0.2, 0) is 23.9 Å². The normalized spacial score (nSPS) is 19.2. The summed E-state index contributed by atoms with van der Waals surface area (Å²) in [4.78, 5) is 68.4. The van der Waals surface area contributed by atoms with E-state index in [2.05, 4.69) is 4.98 Å². The number of aromatic nitrogens is 1. The minimum Gasteiger partial charge on any atom is -0.490 e. The maximum absolute atomic E-state index is 14.0. The number of aromatic amines is 1. The largest absolute Gasteiger partial charge is 0.490 e. The first-order valence-electron chi connectivity index (χ1n) is 13.4. The van der Waals surface area contributed by atoms with E-state index in [1.807, 2.05) is 0 Å². The van der Waals surface area contributed by atoms with E-state index in [-0.39, 0.29) is 24.7 Å². The van der Waals surface area contributed by atoms with Crippen molar-refractivity contribution in [2.75, 3.05) is 31.3 Å². The van der Waals surface area contributed by atoms with Crippen molar-refractivity contribution < 1.29 is 38.1 Å². The predicted octanol–water partition coefficient (Wildman–Crippen LogP) is 3.75. The van der Waals surface area contributed by atoms with E-state index in [0.29, 0.717) is 44.8 Å². The number of esters is 2. The van der Waals surface area contributed by atoms with Crippen molar-refractivity contribution in [3.05, 3.63) is 68.1 Å². The van der Waals surface area contributed by atoms with Gasteiger partial charge in [-0.3, -0.25) is 14.4 Å². The molecule has 0 bridgehead atoms. The summed E-state index contributed by atoms with van der Waals surface area (Å²) in [6, 6.07) is 11.2. The number of benzene rings is 2. The Bertz CT molecular complexity index is 1580. The highest BCUT2D eigenvalue weighted by molar-refractivity contribution is 8.00. The highest BCUT2D eigenvalue weighted by atomic mass is 32.2. The molecule has 42 heavy (non-hydrogen) atoms. The van der Waals surface area contributed by atoms with E-state index in [4.69, 9.17) is 18.9 Å².